The summed E-state index contributed by atoms with van der Waals surface area (Å²) in [5.41, 5.74) is 0. The number of aliphatic hydroxyl groups is 1. The normalized spacial score (nSPS) is 9.33. The molecule has 0 aliphatic rings. The number of rotatable bonds is 3. The molecule has 0 radical (unpaired) electrons. The van der Waals surface area contributed by atoms with Crippen LogP contribution in [-0.2, 0) is 15.1 Å². The molecule has 0 aromatic heterocycles. The van der Waals surface area contributed by atoms with Crippen LogP contribution < -0.4 is 29.6 Å². The van der Waals surface area contributed by atoms with E-state index in [-0.39, 0.29) is 37.6 Å². The maximum atomic E-state index is 8.74. The molecule has 0 heterocycles. The van der Waals surface area contributed by atoms with Crippen LogP contribution in [0.2, 0.25) is 0 Å². The maximum Gasteiger partial charge on any atom is 1.00 e. The molecule has 8 heteroatoms. The van der Waals surface area contributed by atoms with Crippen molar-refractivity contribution in [1.29, 1.82) is 0 Å². The third-order valence-corrected chi connectivity index (χ3v) is 0.440. The predicted molar refractivity (Wildman–Crippen MR) is 38.9 cm³/mol. The summed E-state index contributed by atoms with van der Waals surface area (Å²) in [6.45, 7) is 3.20. The molecule has 0 bridgehead atoms. The van der Waals surface area contributed by atoms with Crippen LogP contribution in [0.1, 0.15) is 8.35 Å². The van der Waals surface area contributed by atoms with Gasteiger partial charge in [0.15, 0.2) is 0 Å². The van der Waals surface area contributed by atoms with Gasteiger partial charge in [-0.2, -0.15) is 8.42 Å². The summed E-state index contributed by atoms with van der Waals surface area (Å²) in [6, 6.07) is 0. The van der Waals surface area contributed by atoms with Crippen molar-refractivity contribution in [3.8, 4) is 0 Å². The van der Waals surface area contributed by atoms with Crippen LogP contribution in [-0.4, -0.2) is 42.5 Å². The Morgan fingerprint density at radius 2 is 1.75 bits per heavy atom. The monoisotopic (exact) mass is 212 g/mol. The van der Waals surface area contributed by atoms with Gasteiger partial charge in [-0.3, -0.25) is 9.11 Å². The molecule has 72 valence electrons. The summed E-state index contributed by atoms with van der Waals surface area (Å²) in [7, 11) is -4.67. The fraction of sp³-hybridized carbons (Fsp3) is 1.00. The zero-order chi connectivity index (χ0) is 9.33. The molecule has 0 aliphatic heterocycles. The van der Waals surface area contributed by atoms with E-state index < -0.39 is 10.4 Å². The molecule has 0 aliphatic carbocycles. The van der Waals surface area contributed by atoms with Crippen molar-refractivity contribution in [2.75, 3.05) is 19.8 Å². The van der Waals surface area contributed by atoms with Gasteiger partial charge in [0.05, 0.1) is 13.2 Å². The van der Waals surface area contributed by atoms with Crippen molar-refractivity contribution in [2.45, 2.75) is 6.92 Å². The van der Waals surface area contributed by atoms with Gasteiger partial charge >= 0.3 is 40.0 Å². The summed E-state index contributed by atoms with van der Waals surface area (Å²) in [5.74, 6) is 0. The molecule has 0 unspecified atom stereocenters. The van der Waals surface area contributed by atoms with Gasteiger partial charge in [0.25, 0.3) is 0 Å². The van der Waals surface area contributed by atoms with Gasteiger partial charge in [-0.25, -0.2) is 0 Å². The number of hydrogen-bond donors (Lipinski definition) is 3. The zero-order valence-electron chi connectivity index (χ0n) is 8.10. The summed E-state index contributed by atoms with van der Waals surface area (Å²) in [6.07, 6.45) is 0. The van der Waals surface area contributed by atoms with Crippen LogP contribution in [0, 0.1) is 0 Å². The fourth-order valence-corrected chi connectivity index (χ4v) is 0.209. The van der Waals surface area contributed by atoms with Gasteiger partial charge in [0, 0.05) is 6.61 Å². The van der Waals surface area contributed by atoms with Crippen molar-refractivity contribution in [1.82, 2.24) is 0 Å². The van der Waals surface area contributed by atoms with Gasteiger partial charge < -0.3 is 11.3 Å². The molecular weight excluding hydrogens is 199 g/mol. The topological polar surface area (TPSA) is 104 Å². The zero-order valence-corrected chi connectivity index (χ0v) is 9.91. The first-order valence-corrected chi connectivity index (χ1v) is 4.20. The quantitative estimate of drug-likeness (QED) is 0.254. The van der Waals surface area contributed by atoms with Crippen molar-refractivity contribution in [3.05, 3.63) is 0 Å². The molecule has 0 aromatic rings. The number of hydrogen-bond acceptors (Lipinski definition) is 4. The molecule has 0 fully saturated rings. The summed E-state index contributed by atoms with van der Waals surface area (Å²) in [5, 5.41) is 8.07. The molecule has 12 heavy (non-hydrogen) atoms. The molecule has 0 atom stereocenters. The molecule has 0 amide bonds. The van der Waals surface area contributed by atoms with Crippen LogP contribution in [0.25, 0.3) is 0 Å². The van der Waals surface area contributed by atoms with Crippen LogP contribution in [0.15, 0.2) is 0 Å². The second-order valence-electron chi connectivity index (χ2n) is 1.37. The third kappa shape index (κ3) is 72.0. The molecule has 0 saturated carbocycles. The van der Waals surface area contributed by atoms with Crippen molar-refractivity contribution in [3.63, 3.8) is 0 Å². The van der Waals surface area contributed by atoms with Crippen molar-refractivity contribution >= 4 is 10.4 Å². The average Bonchev–Trinajstić information content (AvgIpc) is 1.79. The minimum Gasteiger partial charge on any atom is -1.00 e. The summed E-state index contributed by atoms with van der Waals surface area (Å²) < 4.78 is 36.3. The fourth-order valence-electron chi connectivity index (χ4n) is 0.209. The smallest absolute Gasteiger partial charge is 1.00 e. The molecule has 3 N–H and O–H groups in total. The van der Waals surface area contributed by atoms with Crippen molar-refractivity contribution in [2.24, 2.45) is 0 Å². The minimum atomic E-state index is -4.67. The Balaban J connectivity index is -0.0000000546. The van der Waals surface area contributed by atoms with E-state index in [9.17, 15) is 0 Å². The van der Waals surface area contributed by atoms with E-state index in [1.807, 2.05) is 6.92 Å². The summed E-state index contributed by atoms with van der Waals surface area (Å²) >= 11 is 0. The summed E-state index contributed by atoms with van der Waals surface area (Å²) in [4.78, 5) is 0. The number of ether oxygens (including phenoxy) is 1. The van der Waals surface area contributed by atoms with Crippen LogP contribution >= 0.6 is 0 Å². The van der Waals surface area contributed by atoms with E-state index in [1.165, 1.54) is 0 Å². The van der Waals surface area contributed by atoms with E-state index in [0.717, 1.165) is 0 Å². The Hall–Kier alpha value is 0.790. The minimum absolute atomic E-state index is 0. The average molecular weight is 212 g/mol. The Labute approximate surface area is 95.3 Å². The van der Waals surface area contributed by atoms with Gasteiger partial charge in [-0.15, -0.1) is 0 Å². The molecule has 0 spiro atoms. The first kappa shape index (κ1) is 18.5. The largest absolute Gasteiger partial charge is 1.00 e. The molecule has 6 nitrogen and oxygen atoms in total. The SMILES string of the molecule is CCOCCO.O=S(=O)(O)O.[H-].[Na+]. The van der Waals surface area contributed by atoms with E-state index >= 15 is 0 Å². The first-order valence-electron chi connectivity index (χ1n) is 2.80. The van der Waals surface area contributed by atoms with Gasteiger partial charge in [-0.1, -0.05) is 0 Å². The molecular formula is C4H13NaO6S. The third-order valence-electron chi connectivity index (χ3n) is 0.440. The van der Waals surface area contributed by atoms with Gasteiger partial charge in [0.1, 0.15) is 0 Å². The Morgan fingerprint density at radius 3 is 1.83 bits per heavy atom. The van der Waals surface area contributed by atoms with E-state index in [2.05, 4.69) is 0 Å². The van der Waals surface area contributed by atoms with Gasteiger partial charge in [0.2, 0.25) is 0 Å². The molecule has 0 aromatic carbocycles. The first-order chi connectivity index (χ1) is 4.91. The van der Waals surface area contributed by atoms with Crippen molar-refractivity contribution < 1.29 is 58.4 Å². The Morgan fingerprint density at radius 1 is 1.42 bits per heavy atom. The van der Waals surface area contributed by atoms with Crippen LogP contribution in [0.4, 0.5) is 0 Å². The van der Waals surface area contributed by atoms with Crippen LogP contribution in [0.3, 0.4) is 0 Å². The van der Waals surface area contributed by atoms with E-state index in [1.54, 1.807) is 0 Å². The van der Waals surface area contributed by atoms with Crippen LogP contribution in [0.5, 0.6) is 0 Å². The second-order valence-corrected chi connectivity index (χ2v) is 2.26. The van der Waals surface area contributed by atoms with E-state index in [0.29, 0.717) is 13.2 Å². The molecule has 0 rings (SSSR count). The Kier molecular flexibility index (Phi) is 18.2. The van der Waals surface area contributed by atoms with Gasteiger partial charge in [-0.05, 0) is 6.92 Å². The predicted octanol–water partition coefficient (Wildman–Crippen LogP) is -3.52. The molecule has 0 saturated heterocycles. The second kappa shape index (κ2) is 11.8. The van der Waals surface area contributed by atoms with E-state index in [4.69, 9.17) is 27.4 Å². The Bertz CT molecular complexity index is 148. The standard InChI is InChI=1S/C4H10O2.Na.H2O4S.H/c1-2-6-4-3-5;;1-5(2,3)4;/h5H,2-4H2,1H3;;(H2,1,2,3,4);/q;+1;;-1. The number of aliphatic hydroxyl groups excluding tert-OH is 1. The maximum absolute atomic E-state index is 8.74.